The molecule has 0 saturated carbocycles. The van der Waals surface area contributed by atoms with Gasteiger partial charge >= 0.3 is 0 Å². The molecule has 21 heavy (non-hydrogen) atoms. The van der Waals surface area contributed by atoms with Gasteiger partial charge < -0.3 is 5.73 Å². The fourth-order valence-electron chi connectivity index (χ4n) is 1.81. The van der Waals surface area contributed by atoms with Crippen molar-refractivity contribution in [3.63, 3.8) is 0 Å². The second-order valence-corrected chi connectivity index (χ2v) is 4.68. The highest BCUT2D eigenvalue weighted by Crippen LogP contribution is 2.14. The van der Waals surface area contributed by atoms with E-state index in [0.29, 0.717) is 0 Å². The average Bonchev–Trinajstić information content (AvgIpc) is 2.46. The van der Waals surface area contributed by atoms with Gasteiger partial charge in [-0.1, -0.05) is 25.4 Å². The molecular formula is C13H15ClN6O. The molecule has 7 nitrogen and oxygen atoms in total. The number of pyridine rings is 1. The van der Waals surface area contributed by atoms with Gasteiger partial charge in [0.1, 0.15) is 11.0 Å². The highest BCUT2D eigenvalue weighted by Gasteiger charge is 2.12. The van der Waals surface area contributed by atoms with E-state index in [-0.39, 0.29) is 22.5 Å². The second-order valence-electron chi connectivity index (χ2n) is 4.29. The molecule has 3 N–H and O–H groups in total. The molecule has 0 saturated heterocycles. The van der Waals surface area contributed by atoms with Crippen LogP contribution in [-0.2, 0) is 12.8 Å². The van der Waals surface area contributed by atoms with Crippen molar-refractivity contribution in [2.24, 2.45) is 0 Å². The minimum Gasteiger partial charge on any atom is -0.384 e. The predicted molar refractivity (Wildman–Crippen MR) is 80.2 cm³/mol. The van der Waals surface area contributed by atoms with Crippen molar-refractivity contribution in [2.45, 2.75) is 26.7 Å². The zero-order valence-corrected chi connectivity index (χ0v) is 12.5. The number of nitrogens with one attached hydrogen (secondary N) is 1. The third kappa shape index (κ3) is 3.63. The Morgan fingerprint density at radius 3 is 2.52 bits per heavy atom. The van der Waals surface area contributed by atoms with Crippen LogP contribution < -0.4 is 11.1 Å². The maximum Gasteiger partial charge on any atom is 0.258 e. The van der Waals surface area contributed by atoms with Crippen LogP contribution in [0.15, 0.2) is 12.1 Å². The van der Waals surface area contributed by atoms with Crippen LogP contribution in [0.1, 0.15) is 35.6 Å². The van der Waals surface area contributed by atoms with Gasteiger partial charge in [-0.15, -0.1) is 10.2 Å². The number of carbonyl (C=O) groups excluding carboxylic acids is 1. The van der Waals surface area contributed by atoms with Crippen molar-refractivity contribution >= 4 is 29.3 Å². The molecule has 2 heterocycles. The van der Waals surface area contributed by atoms with Crippen LogP contribution in [0.4, 0.5) is 11.8 Å². The summed E-state index contributed by atoms with van der Waals surface area (Å²) in [7, 11) is 0. The molecule has 0 fully saturated rings. The summed E-state index contributed by atoms with van der Waals surface area (Å²) < 4.78 is 0. The number of hydrogen-bond acceptors (Lipinski definition) is 6. The van der Waals surface area contributed by atoms with Gasteiger partial charge in [0, 0.05) is 5.56 Å². The Kier molecular flexibility index (Phi) is 4.64. The number of aryl methyl sites for hydroxylation is 2. The molecule has 2 rings (SSSR count). The van der Waals surface area contributed by atoms with Gasteiger partial charge in [-0.25, -0.2) is 9.97 Å². The summed E-state index contributed by atoms with van der Waals surface area (Å²) >= 11 is 5.77. The number of hydrogen-bond donors (Lipinski definition) is 2. The number of nitrogen functional groups attached to an aromatic ring is 1. The van der Waals surface area contributed by atoms with Crippen LogP contribution in [0, 0.1) is 0 Å². The van der Waals surface area contributed by atoms with Crippen molar-refractivity contribution < 1.29 is 4.79 Å². The number of anilines is 2. The van der Waals surface area contributed by atoms with Gasteiger partial charge in [0.05, 0.1) is 11.4 Å². The Hall–Kier alpha value is -2.28. The fraction of sp³-hybridized carbons (Fsp3) is 0.308. The second kappa shape index (κ2) is 6.45. The summed E-state index contributed by atoms with van der Waals surface area (Å²) in [6, 6.07) is 2.84. The number of nitrogens with zero attached hydrogens (tertiary/aromatic N) is 4. The monoisotopic (exact) mass is 306 g/mol. The lowest BCUT2D eigenvalue weighted by atomic mass is 10.2. The topological polar surface area (TPSA) is 107 Å². The first kappa shape index (κ1) is 15.1. The van der Waals surface area contributed by atoms with Gasteiger partial charge in [0.25, 0.3) is 5.91 Å². The van der Waals surface area contributed by atoms with Crippen molar-refractivity contribution in [1.82, 2.24) is 20.2 Å². The van der Waals surface area contributed by atoms with Crippen molar-refractivity contribution in [2.75, 3.05) is 11.1 Å². The van der Waals surface area contributed by atoms with E-state index in [9.17, 15) is 4.79 Å². The molecule has 0 aliphatic heterocycles. The van der Waals surface area contributed by atoms with Crippen LogP contribution in [0.5, 0.6) is 0 Å². The maximum atomic E-state index is 12.1. The zero-order valence-electron chi connectivity index (χ0n) is 11.7. The fourth-order valence-corrected chi connectivity index (χ4v) is 2.03. The minimum absolute atomic E-state index is 0.148. The first-order chi connectivity index (χ1) is 10.0. The molecule has 2 aromatic rings. The van der Waals surface area contributed by atoms with Crippen LogP contribution >= 0.6 is 11.6 Å². The van der Waals surface area contributed by atoms with E-state index in [1.54, 1.807) is 0 Å². The molecule has 0 aliphatic rings. The third-order valence-corrected chi connectivity index (χ3v) is 3.00. The summed E-state index contributed by atoms with van der Waals surface area (Å²) in [5.74, 6) is -0.0954. The molecular weight excluding hydrogens is 292 g/mol. The van der Waals surface area contributed by atoms with Gasteiger partial charge in [-0.05, 0) is 25.0 Å². The average molecular weight is 307 g/mol. The molecule has 0 radical (unpaired) electrons. The van der Waals surface area contributed by atoms with Crippen molar-refractivity contribution in [3.05, 3.63) is 34.2 Å². The lowest BCUT2D eigenvalue weighted by Gasteiger charge is -2.07. The Bertz CT molecular complexity index is 655. The zero-order chi connectivity index (χ0) is 15.4. The van der Waals surface area contributed by atoms with Crippen molar-refractivity contribution in [1.29, 1.82) is 0 Å². The summed E-state index contributed by atoms with van der Waals surface area (Å²) in [5, 5.41) is 10.7. The molecule has 0 atom stereocenters. The predicted octanol–water partition coefficient (Wildman–Crippen LogP) is 1.88. The van der Waals surface area contributed by atoms with Crippen LogP contribution in [0.2, 0.25) is 5.15 Å². The van der Waals surface area contributed by atoms with E-state index >= 15 is 0 Å². The quantitative estimate of drug-likeness (QED) is 0.835. The normalized spacial score (nSPS) is 10.4. The molecule has 2 aromatic heterocycles. The number of halogens is 1. The standard InChI is InChI=1S/C13H15ClN6O/c1-3-8-9(4-2)19-20-13(16-8)18-12(21)7-5-10(14)17-11(15)6-7/h5-6H,3-4H2,1-2H3,(H2,15,17)(H,16,18,20,21). The van der Waals surface area contributed by atoms with Gasteiger partial charge in [-0.2, -0.15) is 0 Å². The highest BCUT2D eigenvalue weighted by molar-refractivity contribution is 6.30. The summed E-state index contributed by atoms with van der Waals surface area (Å²) in [5.41, 5.74) is 7.48. The summed E-state index contributed by atoms with van der Waals surface area (Å²) in [4.78, 5) is 20.2. The Morgan fingerprint density at radius 2 is 1.90 bits per heavy atom. The molecule has 8 heteroatoms. The summed E-state index contributed by atoms with van der Waals surface area (Å²) in [6.07, 6.45) is 1.46. The first-order valence-corrected chi connectivity index (χ1v) is 6.88. The highest BCUT2D eigenvalue weighted by atomic mass is 35.5. The largest absolute Gasteiger partial charge is 0.384 e. The summed E-state index contributed by atoms with van der Waals surface area (Å²) in [6.45, 7) is 3.95. The molecule has 0 unspecified atom stereocenters. The van der Waals surface area contributed by atoms with E-state index in [0.717, 1.165) is 24.2 Å². The van der Waals surface area contributed by atoms with E-state index in [4.69, 9.17) is 17.3 Å². The number of carbonyl (C=O) groups is 1. The number of amides is 1. The number of rotatable bonds is 4. The lowest BCUT2D eigenvalue weighted by Crippen LogP contribution is -2.17. The maximum absolute atomic E-state index is 12.1. The van der Waals surface area contributed by atoms with E-state index < -0.39 is 5.91 Å². The Morgan fingerprint density at radius 1 is 1.19 bits per heavy atom. The van der Waals surface area contributed by atoms with E-state index in [1.165, 1.54) is 12.1 Å². The van der Waals surface area contributed by atoms with Crippen LogP contribution in [0.3, 0.4) is 0 Å². The number of nitrogens with two attached hydrogens (primary N) is 1. The van der Waals surface area contributed by atoms with Gasteiger partial charge in [-0.3, -0.25) is 10.1 Å². The Balaban J connectivity index is 2.23. The smallest absolute Gasteiger partial charge is 0.258 e. The van der Waals surface area contributed by atoms with Gasteiger partial charge in [0.2, 0.25) is 5.95 Å². The molecule has 1 amide bonds. The van der Waals surface area contributed by atoms with Crippen molar-refractivity contribution in [3.8, 4) is 0 Å². The molecule has 0 aromatic carbocycles. The van der Waals surface area contributed by atoms with Crippen LogP contribution in [-0.4, -0.2) is 26.1 Å². The Labute approximate surface area is 127 Å². The molecule has 0 spiro atoms. The number of aromatic nitrogens is 4. The molecule has 110 valence electrons. The third-order valence-electron chi connectivity index (χ3n) is 2.81. The first-order valence-electron chi connectivity index (χ1n) is 6.50. The SMILES string of the molecule is CCc1nnc(NC(=O)c2cc(N)nc(Cl)c2)nc1CC. The van der Waals surface area contributed by atoms with Crippen LogP contribution in [0.25, 0.3) is 0 Å². The lowest BCUT2D eigenvalue weighted by molar-refractivity contribution is 0.102. The minimum atomic E-state index is -0.417. The molecule has 0 aliphatic carbocycles. The van der Waals surface area contributed by atoms with E-state index in [1.807, 2.05) is 13.8 Å². The molecule has 0 bridgehead atoms. The van der Waals surface area contributed by atoms with E-state index in [2.05, 4.69) is 25.5 Å². The van der Waals surface area contributed by atoms with Gasteiger partial charge in [0.15, 0.2) is 0 Å².